The molecular weight excluding hydrogens is 490 g/mol. The van der Waals surface area contributed by atoms with Gasteiger partial charge < -0.3 is 0 Å². The third-order valence-electron chi connectivity index (χ3n) is 5.91. The Morgan fingerprint density at radius 1 is 0.647 bits per heavy atom. The van der Waals surface area contributed by atoms with Crippen LogP contribution < -0.4 is 10.6 Å². The summed E-state index contributed by atoms with van der Waals surface area (Å²) in [5, 5.41) is 2.82. The minimum Gasteiger partial charge on any atom is -0.255 e. The van der Waals surface area contributed by atoms with E-state index in [1.54, 1.807) is 4.66 Å². The lowest BCUT2D eigenvalue weighted by Gasteiger charge is -2.53. The Morgan fingerprint density at radius 3 is 1.18 bits per heavy atom. The predicted octanol–water partition coefficient (Wildman–Crippen LogP) is 8.37. The molecule has 0 radical (unpaired) electrons. The summed E-state index contributed by atoms with van der Waals surface area (Å²) >= 11 is 8.37. The van der Waals surface area contributed by atoms with Gasteiger partial charge in [-0.1, -0.05) is 91.5 Å². The first-order valence-corrected chi connectivity index (χ1v) is 20.1. The van der Waals surface area contributed by atoms with Crippen LogP contribution in [-0.2, 0) is 0 Å². The molecule has 2 aromatic carbocycles. The van der Waals surface area contributed by atoms with Crippen molar-refractivity contribution in [2.45, 2.75) is 99.2 Å². The van der Waals surface area contributed by atoms with Gasteiger partial charge in [0.2, 0.25) is 0 Å². The third-order valence-corrected chi connectivity index (χ3v) is 22.3. The van der Waals surface area contributed by atoms with Crippen molar-refractivity contribution < 1.29 is 0 Å². The minimum atomic E-state index is -2.39. The van der Waals surface area contributed by atoms with Crippen LogP contribution in [0.25, 0.3) is 0 Å². The van der Waals surface area contributed by atoms with Crippen molar-refractivity contribution in [2.24, 2.45) is 0 Å². The molecule has 0 aliphatic carbocycles. The summed E-state index contributed by atoms with van der Waals surface area (Å²) in [4.78, 5) is 0. The SMILES string of the molecule is CC(C)N(C(C)C)P(Cl)(=C(P(c1ccccc1)c1ccccc1)[Si](C)(C)C)N(C(C)C)C(C)C. The van der Waals surface area contributed by atoms with Crippen molar-refractivity contribution in [1.29, 1.82) is 0 Å². The van der Waals surface area contributed by atoms with E-state index in [0.29, 0.717) is 24.2 Å². The van der Waals surface area contributed by atoms with Gasteiger partial charge >= 0.3 is 0 Å². The predicted molar refractivity (Wildman–Crippen MR) is 164 cm³/mol. The van der Waals surface area contributed by atoms with Crippen molar-refractivity contribution in [3.8, 4) is 0 Å². The molecule has 0 heterocycles. The van der Waals surface area contributed by atoms with E-state index in [1.165, 1.54) is 10.6 Å². The Balaban J connectivity index is 3.21. The molecule has 0 aliphatic rings. The lowest BCUT2D eigenvalue weighted by atomic mass is 10.3. The fourth-order valence-electron chi connectivity index (χ4n) is 5.19. The van der Waals surface area contributed by atoms with Gasteiger partial charge in [0.15, 0.2) is 0 Å². The largest absolute Gasteiger partial charge is 0.255 e. The molecule has 2 nitrogen and oxygen atoms in total. The summed E-state index contributed by atoms with van der Waals surface area (Å²) in [6.45, 7) is 23.7. The van der Waals surface area contributed by atoms with Gasteiger partial charge in [0.25, 0.3) is 0 Å². The van der Waals surface area contributed by atoms with Crippen LogP contribution in [0, 0.1) is 0 Å². The first kappa shape index (κ1) is 29.8. The molecule has 0 aliphatic heterocycles. The number of hydrogen-bond acceptors (Lipinski definition) is 2. The molecule has 0 bridgehead atoms. The van der Waals surface area contributed by atoms with E-state index in [-0.39, 0.29) is 0 Å². The Kier molecular flexibility index (Phi) is 10.7. The standard InChI is InChI=1S/C28H47ClN2P2Si/c1-22(2)30(23(3)4)33(29,31(24(5)6)25(7)8)28(34(9,10)11)32(26-18-14-12-15-19-26)27-20-16-13-17-21-27/h12-25H,1-11H3. The zero-order valence-corrected chi connectivity index (χ0v) is 26.8. The zero-order valence-electron chi connectivity index (χ0n) is 23.2. The van der Waals surface area contributed by atoms with Crippen LogP contribution in [0.3, 0.4) is 0 Å². The summed E-state index contributed by atoms with van der Waals surface area (Å²) in [5.41, 5.74) is 0. The van der Waals surface area contributed by atoms with E-state index < -0.39 is 22.5 Å². The van der Waals surface area contributed by atoms with Crippen LogP contribution in [0.15, 0.2) is 60.7 Å². The molecule has 6 heteroatoms. The van der Waals surface area contributed by atoms with E-state index in [0.717, 1.165) is 0 Å². The topological polar surface area (TPSA) is 6.48 Å². The summed E-state index contributed by atoms with van der Waals surface area (Å²) in [6, 6.07) is 23.7. The molecule has 0 N–H and O–H groups in total. The average molecular weight is 537 g/mol. The Labute approximate surface area is 217 Å². The normalized spacial score (nSPS) is 13.4. The van der Waals surface area contributed by atoms with Crippen LogP contribution in [0.1, 0.15) is 55.4 Å². The maximum Gasteiger partial charge on any atom is 0.104 e. The highest BCUT2D eigenvalue weighted by atomic mass is 35.7. The van der Waals surface area contributed by atoms with Crippen molar-refractivity contribution in [1.82, 2.24) is 9.34 Å². The van der Waals surface area contributed by atoms with E-state index in [1.807, 2.05) is 0 Å². The van der Waals surface area contributed by atoms with Gasteiger partial charge in [-0.15, -0.1) is 0 Å². The van der Waals surface area contributed by atoms with E-state index in [2.05, 4.69) is 145 Å². The van der Waals surface area contributed by atoms with Crippen LogP contribution >= 0.6 is 25.7 Å². The molecule has 2 rings (SSSR count). The second-order valence-corrected chi connectivity index (χ2v) is 23.4. The first-order valence-electron chi connectivity index (χ1n) is 12.7. The number of benzene rings is 2. The lowest BCUT2D eigenvalue weighted by molar-refractivity contribution is 0.261. The Morgan fingerprint density at radius 2 is 0.941 bits per heavy atom. The summed E-state index contributed by atoms with van der Waals surface area (Å²) < 4.78 is 7.01. The maximum atomic E-state index is 8.37. The van der Waals surface area contributed by atoms with Gasteiger partial charge in [-0.2, -0.15) is 0 Å². The monoisotopic (exact) mass is 536 g/mol. The van der Waals surface area contributed by atoms with Gasteiger partial charge in [-0.05, 0) is 78.6 Å². The van der Waals surface area contributed by atoms with Crippen LogP contribution in [0.4, 0.5) is 0 Å². The molecule has 0 atom stereocenters. The van der Waals surface area contributed by atoms with E-state index in [4.69, 9.17) is 11.2 Å². The maximum absolute atomic E-state index is 8.37. The molecule has 190 valence electrons. The van der Waals surface area contributed by atoms with Crippen LogP contribution in [0.5, 0.6) is 0 Å². The minimum absolute atomic E-state index is 0.348. The molecular formula is C28H47ClN2P2Si. The second kappa shape index (κ2) is 12.2. The number of nitrogens with zero attached hydrogens (tertiary/aromatic N) is 2. The highest BCUT2D eigenvalue weighted by Gasteiger charge is 2.46. The van der Waals surface area contributed by atoms with Crippen LogP contribution in [-0.4, -0.2) is 46.2 Å². The quantitative estimate of drug-likeness (QED) is 0.222. The highest BCUT2D eigenvalue weighted by Crippen LogP contribution is 2.69. The van der Waals surface area contributed by atoms with Gasteiger partial charge in [-0.3, -0.25) is 9.34 Å². The second-order valence-electron chi connectivity index (χ2n) is 11.2. The lowest BCUT2D eigenvalue weighted by Crippen LogP contribution is -2.49. The first-order chi connectivity index (χ1) is 15.7. The smallest absolute Gasteiger partial charge is 0.104 e. The molecule has 0 amide bonds. The average Bonchev–Trinajstić information content (AvgIpc) is 2.70. The summed E-state index contributed by atoms with van der Waals surface area (Å²) in [5.74, 6) is 0. The number of hydrogen-bond donors (Lipinski definition) is 0. The summed E-state index contributed by atoms with van der Waals surface area (Å²) in [7, 11) is -2.62. The highest BCUT2D eigenvalue weighted by molar-refractivity contribution is 8.14. The van der Waals surface area contributed by atoms with Gasteiger partial charge in [0, 0.05) is 24.2 Å². The Bertz CT molecular complexity index is 874. The molecule has 2 aromatic rings. The molecule has 0 unspecified atom stereocenters. The Hall–Kier alpha value is -0.403. The van der Waals surface area contributed by atoms with Gasteiger partial charge in [0.05, 0.1) is 8.07 Å². The molecule has 34 heavy (non-hydrogen) atoms. The number of rotatable bonds is 10. The van der Waals surface area contributed by atoms with Gasteiger partial charge in [0.1, 0.15) is 6.54 Å². The van der Waals surface area contributed by atoms with Crippen LogP contribution in [0.2, 0.25) is 19.6 Å². The van der Waals surface area contributed by atoms with Crippen molar-refractivity contribution in [3.05, 3.63) is 60.7 Å². The third kappa shape index (κ3) is 6.47. The summed E-state index contributed by atoms with van der Waals surface area (Å²) in [6.07, 6.45) is 0. The van der Waals surface area contributed by atoms with Crippen molar-refractivity contribution >= 4 is 49.0 Å². The molecule has 0 spiro atoms. The van der Waals surface area contributed by atoms with E-state index in [9.17, 15) is 0 Å². The van der Waals surface area contributed by atoms with E-state index >= 15 is 0 Å². The zero-order chi connectivity index (χ0) is 25.8. The van der Waals surface area contributed by atoms with Gasteiger partial charge in [-0.25, -0.2) is 0 Å². The fourth-order valence-corrected chi connectivity index (χ4v) is 25.0. The fraction of sp³-hybridized carbons (Fsp3) is 0.536. The number of halogens is 1. The molecule has 0 aromatic heterocycles. The molecule has 0 saturated carbocycles. The molecule has 0 fully saturated rings. The molecule has 0 saturated heterocycles. The van der Waals surface area contributed by atoms with Crippen molar-refractivity contribution in [3.63, 3.8) is 0 Å². The van der Waals surface area contributed by atoms with Crippen molar-refractivity contribution in [2.75, 3.05) is 0 Å².